The summed E-state index contributed by atoms with van der Waals surface area (Å²) < 4.78 is 6.28. The average Bonchev–Trinajstić information content (AvgIpc) is 2.77. The van der Waals surface area contributed by atoms with E-state index >= 15 is 0 Å². The molecule has 1 N–H and O–H groups in total. The van der Waals surface area contributed by atoms with E-state index in [0.29, 0.717) is 5.69 Å². The summed E-state index contributed by atoms with van der Waals surface area (Å²) in [4.78, 5) is 23.7. The lowest BCUT2D eigenvalue weighted by atomic mass is 10.0. The van der Waals surface area contributed by atoms with Crippen LogP contribution in [0.1, 0.15) is 43.4 Å². The number of ether oxygens (including phenoxy) is 1. The Morgan fingerprint density at radius 2 is 2.14 bits per heavy atom. The largest absolute Gasteiger partial charge is 0.457 e. The summed E-state index contributed by atoms with van der Waals surface area (Å²) in [5, 5.41) is 10.5. The van der Waals surface area contributed by atoms with Gasteiger partial charge in [-0.05, 0) is 27.2 Å². The maximum Gasteiger partial charge on any atom is 0.361 e. The van der Waals surface area contributed by atoms with Crippen LogP contribution in [-0.4, -0.2) is 39.0 Å². The van der Waals surface area contributed by atoms with Gasteiger partial charge in [-0.3, -0.25) is 4.79 Å². The van der Waals surface area contributed by atoms with Crippen molar-refractivity contribution in [3.63, 3.8) is 0 Å². The highest BCUT2D eigenvalue weighted by atomic mass is 16.5. The van der Waals surface area contributed by atoms with Crippen molar-refractivity contribution in [1.29, 1.82) is 0 Å². The standard InChI is InChI=1S/C14H22N4O3/c1-6-8-21-13(20)12-10(3)18(17-16-12)9-11(19)15-14(4,5)7-2/h6H,1,7-9H2,2-5H3,(H,15,19). The van der Waals surface area contributed by atoms with Gasteiger partial charge in [0.05, 0.1) is 5.69 Å². The highest BCUT2D eigenvalue weighted by molar-refractivity contribution is 5.88. The van der Waals surface area contributed by atoms with Crippen molar-refractivity contribution >= 4 is 11.9 Å². The molecule has 7 nitrogen and oxygen atoms in total. The van der Waals surface area contributed by atoms with Crippen LogP contribution in [0.5, 0.6) is 0 Å². The molecule has 0 saturated carbocycles. The van der Waals surface area contributed by atoms with Crippen LogP contribution in [-0.2, 0) is 16.1 Å². The fraction of sp³-hybridized carbons (Fsp3) is 0.571. The minimum absolute atomic E-state index is 0.0109. The third kappa shape index (κ3) is 4.70. The molecule has 0 aliphatic heterocycles. The van der Waals surface area contributed by atoms with Gasteiger partial charge in [-0.2, -0.15) is 0 Å². The van der Waals surface area contributed by atoms with Crippen LogP contribution in [0.3, 0.4) is 0 Å². The van der Waals surface area contributed by atoms with Gasteiger partial charge in [0.15, 0.2) is 5.69 Å². The summed E-state index contributed by atoms with van der Waals surface area (Å²) in [6.45, 7) is 11.1. The van der Waals surface area contributed by atoms with Crippen LogP contribution in [0.15, 0.2) is 12.7 Å². The summed E-state index contributed by atoms with van der Waals surface area (Å²) in [6, 6.07) is 0. The Hall–Kier alpha value is -2.18. The predicted octanol–water partition coefficient (Wildman–Crippen LogP) is 1.23. The molecule has 0 atom stereocenters. The Balaban J connectivity index is 2.74. The van der Waals surface area contributed by atoms with E-state index in [-0.39, 0.29) is 30.3 Å². The molecule has 0 unspecified atom stereocenters. The normalized spacial score (nSPS) is 11.0. The molecular weight excluding hydrogens is 272 g/mol. The molecule has 1 heterocycles. The first-order valence-corrected chi connectivity index (χ1v) is 6.80. The summed E-state index contributed by atoms with van der Waals surface area (Å²) in [6.07, 6.45) is 2.28. The molecule has 0 aliphatic carbocycles. The van der Waals surface area contributed by atoms with E-state index in [2.05, 4.69) is 22.2 Å². The van der Waals surface area contributed by atoms with Crippen LogP contribution < -0.4 is 5.32 Å². The second-order valence-corrected chi connectivity index (χ2v) is 5.35. The summed E-state index contributed by atoms with van der Waals surface area (Å²) in [5.74, 6) is -0.756. The molecule has 1 aromatic rings. The number of aromatic nitrogens is 3. The van der Waals surface area contributed by atoms with Crippen LogP contribution in [0.25, 0.3) is 0 Å². The molecular formula is C14H22N4O3. The van der Waals surface area contributed by atoms with Gasteiger partial charge in [0.2, 0.25) is 5.91 Å². The number of nitrogens with zero attached hydrogens (tertiary/aromatic N) is 3. The van der Waals surface area contributed by atoms with Gasteiger partial charge >= 0.3 is 5.97 Å². The van der Waals surface area contributed by atoms with Gasteiger partial charge in [0, 0.05) is 5.54 Å². The van der Waals surface area contributed by atoms with Gasteiger partial charge in [0.25, 0.3) is 0 Å². The fourth-order valence-electron chi connectivity index (χ4n) is 1.54. The molecule has 1 rings (SSSR count). The minimum atomic E-state index is -0.576. The number of hydrogen-bond acceptors (Lipinski definition) is 5. The van der Waals surface area contributed by atoms with Crippen LogP contribution in [0.4, 0.5) is 0 Å². The molecule has 0 bridgehead atoms. The highest BCUT2D eigenvalue weighted by Gasteiger charge is 2.21. The lowest BCUT2D eigenvalue weighted by molar-refractivity contribution is -0.123. The maximum atomic E-state index is 12.0. The number of carbonyl (C=O) groups excluding carboxylic acids is 2. The van der Waals surface area contributed by atoms with Crippen molar-refractivity contribution in [2.45, 2.75) is 46.2 Å². The third-order valence-electron chi connectivity index (χ3n) is 3.16. The van der Waals surface area contributed by atoms with E-state index in [0.717, 1.165) is 6.42 Å². The zero-order valence-corrected chi connectivity index (χ0v) is 13.0. The molecule has 116 valence electrons. The second kappa shape index (κ2) is 7.01. The molecule has 21 heavy (non-hydrogen) atoms. The number of amides is 1. The molecule has 0 fully saturated rings. The number of rotatable bonds is 7. The molecule has 1 amide bonds. The summed E-state index contributed by atoms with van der Waals surface area (Å²) >= 11 is 0. The van der Waals surface area contributed by atoms with Crippen molar-refractivity contribution in [2.24, 2.45) is 0 Å². The first-order valence-electron chi connectivity index (χ1n) is 6.80. The number of carbonyl (C=O) groups is 2. The average molecular weight is 294 g/mol. The van der Waals surface area contributed by atoms with E-state index in [1.165, 1.54) is 10.8 Å². The Morgan fingerprint density at radius 1 is 1.48 bits per heavy atom. The molecule has 0 aromatic carbocycles. The van der Waals surface area contributed by atoms with Gasteiger partial charge in [-0.15, -0.1) is 5.10 Å². The van der Waals surface area contributed by atoms with E-state index in [1.807, 2.05) is 20.8 Å². The van der Waals surface area contributed by atoms with Gasteiger partial charge in [-0.1, -0.05) is 24.8 Å². The monoisotopic (exact) mass is 294 g/mol. The quantitative estimate of drug-likeness (QED) is 0.604. The van der Waals surface area contributed by atoms with Crippen molar-refractivity contribution in [1.82, 2.24) is 20.3 Å². The van der Waals surface area contributed by atoms with Crippen molar-refractivity contribution in [3.8, 4) is 0 Å². The fourth-order valence-corrected chi connectivity index (χ4v) is 1.54. The molecule has 0 saturated heterocycles. The van der Waals surface area contributed by atoms with E-state index in [4.69, 9.17) is 4.74 Å². The smallest absolute Gasteiger partial charge is 0.361 e. The van der Waals surface area contributed by atoms with E-state index < -0.39 is 5.97 Å². The minimum Gasteiger partial charge on any atom is -0.457 e. The lowest BCUT2D eigenvalue weighted by Gasteiger charge is -2.24. The second-order valence-electron chi connectivity index (χ2n) is 5.35. The van der Waals surface area contributed by atoms with Gasteiger partial charge < -0.3 is 10.1 Å². The SMILES string of the molecule is C=CCOC(=O)c1nnn(CC(=O)NC(C)(C)CC)c1C. The van der Waals surface area contributed by atoms with Crippen LogP contribution >= 0.6 is 0 Å². The molecule has 0 spiro atoms. The highest BCUT2D eigenvalue weighted by Crippen LogP contribution is 2.08. The van der Waals surface area contributed by atoms with Gasteiger partial charge in [-0.25, -0.2) is 9.48 Å². The summed E-state index contributed by atoms with van der Waals surface area (Å²) in [5.41, 5.74) is 0.324. The molecule has 1 aromatic heterocycles. The Bertz CT molecular complexity index is 534. The first kappa shape index (κ1) is 16.9. The van der Waals surface area contributed by atoms with Crippen molar-refractivity contribution in [2.75, 3.05) is 6.61 Å². The number of nitrogens with one attached hydrogen (secondary N) is 1. The third-order valence-corrected chi connectivity index (χ3v) is 3.16. The molecule has 7 heteroatoms. The predicted molar refractivity (Wildman–Crippen MR) is 77.8 cm³/mol. The number of esters is 1. The zero-order chi connectivity index (χ0) is 16.0. The number of hydrogen-bond donors (Lipinski definition) is 1. The first-order chi connectivity index (χ1) is 9.80. The van der Waals surface area contributed by atoms with Crippen LogP contribution in [0, 0.1) is 6.92 Å². The van der Waals surface area contributed by atoms with E-state index in [1.54, 1.807) is 6.92 Å². The Labute approximate surface area is 124 Å². The Kier molecular flexibility index (Phi) is 5.63. The molecule has 0 aliphatic rings. The maximum absolute atomic E-state index is 12.0. The Morgan fingerprint density at radius 3 is 2.71 bits per heavy atom. The van der Waals surface area contributed by atoms with Crippen LogP contribution in [0.2, 0.25) is 0 Å². The van der Waals surface area contributed by atoms with Gasteiger partial charge in [0.1, 0.15) is 13.2 Å². The zero-order valence-electron chi connectivity index (χ0n) is 13.0. The summed E-state index contributed by atoms with van der Waals surface area (Å²) in [7, 11) is 0. The van der Waals surface area contributed by atoms with E-state index in [9.17, 15) is 9.59 Å². The van der Waals surface area contributed by atoms with Crippen molar-refractivity contribution < 1.29 is 14.3 Å². The van der Waals surface area contributed by atoms with Crippen molar-refractivity contribution in [3.05, 3.63) is 24.0 Å². The molecule has 0 radical (unpaired) electrons. The lowest BCUT2D eigenvalue weighted by Crippen LogP contribution is -2.44. The topological polar surface area (TPSA) is 86.1 Å².